The van der Waals surface area contributed by atoms with Crippen LogP contribution in [0.5, 0.6) is 11.5 Å². The van der Waals surface area contributed by atoms with Gasteiger partial charge in [-0.15, -0.1) is 0 Å². The summed E-state index contributed by atoms with van der Waals surface area (Å²) in [5.41, 5.74) is 0.743. The zero-order valence-electron chi connectivity index (χ0n) is 15.3. The van der Waals surface area contributed by atoms with Crippen LogP contribution >= 0.6 is 0 Å². The molecule has 0 aliphatic carbocycles. The zero-order chi connectivity index (χ0) is 19.6. The van der Waals surface area contributed by atoms with Gasteiger partial charge in [0.2, 0.25) is 5.91 Å². The average Bonchev–Trinajstić information content (AvgIpc) is 2.57. The van der Waals surface area contributed by atoms with Crippen molar-refractivity contribution >= 4 is 5.91 Å². The predicted molar refractivity (Wildman–Crippen MR) is 91.4 cm³/mol. The van der Waals surface area contributed by atoms with Crippen molar-refractivity contribution in [1.82, 2.24) is 5.32 Å². The van der Waals surface area contributed by atoms with Crippen LogP contribution < -0.4 is 14.8 Å². The molecule has 26 heavy (non-hydrogen) atoms. The van der Waals surface area contributed by atoms with Crippen LogP contribution in [0, 0.1) is 0 Å². The van der Waals surface area contributed by atoms with E-state index in [1.165, 1.54) is 7.11 Å². The molecule has 0 radical (unpaired) electrons. The van der Waals surface area contributed by atoms with Gasteiger partial charge in [-0.05, 0) is 31.0 Å². The van der Waals surface area contributed by atoms with Crippen molar-refractivity contribution < 1.29 is 32.2 Å². The number of ether oxygens (including phenoxy) is 3. The number of methoxy groups -OCH3 is 1. The summed E-state index contributed by atoms with van der Waals surface area (Å²) in [5.74, 6) is 0.522. The predicted octanol–water partition coefficient (Wildman–Crippen LogP) is 4.02. The highest BCUT2D eigenvalue weighted by molar-refractivity contribution is 5.77. The van der Waals surface area contributed by atoms with Gasteiger partial charge in [0, 0.05) is 0 Å². The summed E-state index contributed by atoms with van der Waals surface area (Å²) in [4.78, 5) is 11.7. The highest BCUT2D eigenvalue weighted by Crippen LogP contribution is 2.30. The number of nitrogens with one attached hydrogen (secondary N) is 1. The van der Waals surface area contributed by atoms with Crippen LogP contribution in [0.4, 0.5) is 13.2 Å². The molecule has 0 spiro atoms. The molecule has 1 atom stereocenters. The molecule has 1 aromatic rings. The minimum atomic E-state index is -4.45. The fourth-order valence-electron chi connectivity index (χ4n) is 2.23. The average molecular weight is 377 g/mol. The van der Waals surface area contributed by atoms with E-state index in [1.54, 1.807) is 25.1 Å². The molecule has 0 heterocycles. The van der Waals surface area contributed by atoms with Gasteiger partial charge in [0.05, 0.1) is 19.8 Å². The summed E-state index contributed by atoms with van der Waals surface area (Å²) in [6.45, 7) is 2.32. The minimum absolute atomic E-state index is 0.417. The summed E-state index contributed by atoms with van der Waals surface area (Å²) in [7, 11) is 1.52. The van der Waals surface area contributed by atoms with Crippen molar-refractivity contribution in [3.63, 3.8) is 0 Å². The fourth-order valence-corrected chi connectivity index (χ4v) is 2.23. The van der Waals surface area contributed by atoms with Crippen LogP contribution in [0.3, 0.4) is 0 Å². The molecule has 0 aromatic heterocycles. The minimum Gasteiger partial charge on any atom is -0.493 e. The second-order valence-corrected chi connectivity index (χ2v) is 5.86. The van der Waals surface area contributed by atoms with Crippen LogP contribution in [-0.4, -0.2) is 39.0 Å². The van der Waals surface area contributed by atoms with Crippen LogP contribution in [-0.2, 0) is 9.53 Å². The first-order valence-corrected chi connectivity index (χ1v) is 8.51. The Kier molecular flexibility index (Phi) is 9.26. The fraction of sp³-hybridized carbons (Fsp3) is 0.611. The lowest BCUT2D eigenvalue weighted by Crippen LogP contribution is -2.31. The molecule has 0 aliphatic heterocycles. The Labute approximate surface area is 151 Å². The van der Waals surface area contributed by atoms with Gasteiger partial charge >= 0.3 is 6.18 Å². The Morgan fingerprint density at radius 3 is 2.58 bits per heavy atom. The van der Waals surface area contributed by atoms with Crippen LogP contribution in [0.1, 0.15) is 44.7 Å². The van der Waals surface area contributed by atoms with Crippen LogP contribution in [0.15, 0.2) is 18.2 Å². The second-order valence-electron chi connectivity index (χ2n) is 5.86. The van der Waals surface area contributed by atoms with Gasteiger partial charge in [0.1, 0.15) is 13.2 Å². The first-order valence-electron chi connectivity index (χ1n) is 8.51. The number of carbonyl (C=O) groups is 1. The summed E-state index contributed by atoms with van der Waals surface area (Å²) in [6, 6.07) is 4.85. The SMILES string of the molecule is CCCCCOc1ccc(C(C)NC(=O)COCC(F)(F)F)cc1OC. The molecule has 1 aromatic carbocycles. The van der Waals surface area contributed by atoms with E-state index < -0.39 is 31.3 Å². The van der Waals surface area contributed by atoms with E-state index in [0.717, 1.165) is 24.8 Å². The molecule has 0 bridgehead atoms. The van der Waals surface area contributed by atoms with Crippen molar-refractivity contribution in [2.75, 3.05) is 26.9 Å². The van der Waals surface area contributed by atoms with E-state index >= 15 is 0 Å². The van der Waals surface area contributed by atoms with Crippen LogP contribution in [0.2, 0.25) is 0 Å². The third-order valence-electron chi connectivity index (χ3n) is 3.57. The number of unbranched alkanes of at least 4 members (excludes halogenated alkanes) is 2. The monoisotopic (exact) mass is 377 g/mol. The molecule has 1 amide bonds. The van der Waals surface area contributed by atoms with Gasteiger partial charge in [-0.25, -0.2) is 0 Å². The first kappa shape index (κ1) is 22.1. The first-order chi connectivity index (χ1) is 12.3. The van der Waals surface area contributed by atoms with E-state index in [0.29, 0.717) is 18.1 Å². The maximum absolute atomic E-state index is 12.0. The summed E-state index contributed by atoms with van der Waals surface area (Å²) >= 11 is 0. The molecule has 0 aliphatic rings. The summed E-state index contributed by atoms with van der Waals surface area (Å²) < 4.78 is 51.4. The molecular weight excluding hydrogens is 351 g/mol. The Morgan fingerprint density at radius 1 is 1.23 bits per heavy atom. The number of alkyl halides is 3. The Balaban J connectivity index is 2.57. The van der Waals surface area contributed by atoms with E-state index in [9.17, 15) is 18.0 Å². The Bertz CT molecular complexity index is 564. The molecule has 5 nitrogen and oxygen atoms in total. The Hall–Kier alpha value is -1.96. The van der Waals surface area contributed by atoms with Crippen molar-refractivity contribution in [1.29, 1.82) is 0 Å². The van der Waals surface area contributed by atoms with Gasteiger partial charge in [-0.2, -0.15) is 13.2 Å². The topological polar surface area (TPSA) is 56.8 Å². The lowest BCUT2D eigenvalue weighted by Gasteiger charge is -2.17. The molecule has 1 unspecified atom stereocenters. The van der Waals surface area contributed by atoms with Crippen molar-refractivity contribution in [3.8, 4) is 11.5 Å². The van der Waals surface area contributed by atoms with E-state index in [1.807, 2.05) is 0 Å². The molecule has 1 rings (SSSR count). The highest BCUT2D eigenvalue weighted by Gasteiger charge is 2.27. The molecule has 8 heteroatoms. The summed E-state index contributed by atoms with van der Waals surface area (Å²) in [6.07, 6.45) is -1.32. The maximum Gasteiger partial charge on any atom is 0.411 e. The van der Waals surface area contributed by atoms with Gasteiger partial charge in [0.25, 0.3) is 0 Å². The Morgan fingerprint density at radius 2 is 1.96 bits per heavy atom. The number of carbonyl (C=O) groups excluding carboxylic acids is 1. The normalized spacial score (nSPS) is 12.5. The lowest BCUT2D eigenvalue weighted by atomic mass is 10.1. The van der Waals surface area contributed by atoms with Gasteiger partial charge < -0.3 is 19.5 Å². The molecule has 0 fully saturated rings. The number of amides is 1. The number of hydrogen-bond acceptors (Lipinski definition) is 4. The van der Waals surface area contributed by atoms with Gasteiger partial charge in [-0.1, -0.05) is 25.8 Å². The molecule has 148 valence electrons. The maximum atomic E-state index is 12.0. The largest absolute Gasteiger partial charge is 0.493 e. The molecule has 1 N–H and O–H groups in total. The van der Waals surface area contributed by atoms with E-state index in [4.69, 9.17) is 9.47 Å². The standard InChI is InChI=1S/C18H26F3NO4/c1-4-5-6-9-26-15-8-7-14(10-16(15)24-3)13(2)22-17(23)11-25-12-18(19,20)21/h7-8,10,13H,4-6,9,11-12H2,1-3H3,(H,22,23). The van der Waals surface area contributed by atoms with Crippen molar-refractivity contribution in [3.05, 3.63) is 23.8 Å². The third kappa shape index (κ3) is 8.42. The van der Waals surface area contributed by atoms with E-state index in [2.05, 4.69) is 17.0 Å². The van der Waals surface area contributed by atoms with Crippen molar-refractivity contribution in [2.24, 2.45) is 0 Å². The summed E-state index contributed by atoms with van der Waals surface area (Å²) in [5, 5.41) is 2.59. The van der Waals surface area contributed by atoms with Gasteiger partial charge in [0.15, 0.2) is 11.5 Å². The number of rotatable bonds is 11. The molecule has 0 saturated carbocycles. The molecule has 0 saturated heterocycles. The van der Waals surface area contributed by atoms with Crippen LogP contribution in [0.25, 0.3) is 0 Å². The second kappa shape index (κ2) is 10.9. The number of hydrogen-bond donors (Lipinski definition) is 1. The van der Waals surface area contributed by atoms with E-state index in [-0.39, 0.29) is 0 Å². The number of halogens is 3. The smallest absolute Gasteiger partial charge is 0.411 e. The van der Waals surface area contributed by atoms with Gasteiger partial charge in [-0.3, -0.25) is 4.79 Å². The quantitative estimate of drug-likeness (QED) is 0.592. The lowest BCUT2D eigenvalue weighted by molar-refractivity contribution is -0.175. The highest BCUT2D eigenvalue weighted by atomic mass is 19.4. The third-order valence-corrected chi connectivity index (χ3v) is 3.57. The molecular formula is C18H26F3NO4. The van der Waals surface area contributed by atoms with Crippen molar-refractivity contribution in [2.45, 2.75) is 45.3 Å². The number of benzene rings is 1. The zero-order valence-corrected chi connectivity index (χ0v) is 15.3.